The topological polar surface area (TPSA) is 76.3 Å². The summed E-state index contributed by atoms with van der Waals surface area (Å²) in [7, 11) is 0. The number of rotatable bonds is 5. The molecular formula is C10H14N2O3. The van der Waals surface area contributed by atoms with E-state index in [1.807, 2.05) is 6.92 Å². The summed E-state index contributed by atoms with van der Waals surface area (Å²) in [5.41, 5.74) is 0.517. The molecule has 0 aliphatic carbocycles. The van der Waals surface area contributed by atoms with Crippen molar-refractivity contribution in [1.29, 1.82) is 0 Å². The van der Waals surface area contributed by atoms with Crippen LogP contribution >= 0.6 is 0 Å². The van der Waals surface area contributed by atoms with Gasteiger partial charge < -0.3 is 5.11 Å². The number of pyridine rings is 1. The molecule has 0 saturated heterocycles. The van der Waals surface area contributed by atoms with Gasteiger partial charge in [0.05, 0.1) is 11.0 Å². The highest BCUT2D eigenvalue weighted by molar-refractivity contribution is 5.37. The van der Waals surface area contributed by atoms with E-state index in [0.29, 0.717) is 18.4 Å². The molecule has 82 valence electrons. The Morgan fingerprint density at radius 3 is 3.00 bits per heavy atom. The second-order valence-corrected chi connectivity index (χ2v) is 3.41. The van der Waals surface area contributed by atoms with Crippen LogP contribution in [0.2, 0.25) is 0 Å². The lowest BCUT2D eigenvalue weighted by Crippen LogP contribution is -2.11. The summed E-state index contributed by atoms with van der Waals surface area (Å²) in [4.78, 5) is 13.9. The fourth-order valence-corrected chi connectivity index (χ4v) is 1.44. The predicted molar refractivity (Wildman–Crippen MR) is 55.5 cm³/mol. The number of hydrogen-bond acceptors (Lipinski definition) is 4. The molecule has 0 saturated carbocycles. The molecule has 0 aliphatic rings. The molecule has 1 atom stereocenters. The van der Waals surface area contributed by atoms with E-state index in [1.54, 1.807) is 6.07 Å². The van der Waals surface area contributed by atoms with E-state index in [2.05, 4.69) is 4.98 Å². The summed E-state index contributed by atoms with van der Waals surface area (Å²) >= 11 is 0. The van der Waals surface area contributed by atoms with Gasteiger partial charge in [0.2, 0.25) is 0 Å². The molecule has 1 aromatic heterocycles. The Kier molecular flexibility index (Phi) is 4.17. The van der Waals surface area contributed by atoms with Crippen molar-refractivity contribution in [3.63, 3.8) is 0 Å². The molecule has 0 spiro atoms. The fourth-order valence-electron chi connectivity index (χ4n) is 1.44. The summed E-state index contributed by atoms with van der Waals surface area (Å²) in [6.07, 6.45) is 4.03. The van der Waals surface area contributed by atoms with E-state index >= 15 is 0 Å². The molecule has 0 fully saturated rings. The average molecular weight is 210 g/mol. The molecule has 0 aliphatic heterocycles. The molecule has 1 N–H and O–H groups in total. The van der Waals surface area contributed by atoms with Gasteiger partial charge in [-0.25, -0.2) is 0 Å². The maximum atomic E-state index is 10.6. The zero-order valence-corrected chi connectivity index (χ0v) is 8.59. The fraction of sp³-hybridized carbons (Fsp3) is 0.500. The minimum atomic E-state index is -0.518. The monoisotopic (exact) mass is 210 g/mol. The Morgan fingerprint density at radius 1 is 1.67 bits per heavy atom. The molecule has 0 aromatic carbocycles. The molecule has 0 amide bonds. The lowest BCUT2D eigenvalue weighted by atomic mass is 10.0. The molecule has 15 heavy (non-hydrogen) atoms. The van der Waals surface area contributed by atoms with Crippen LogP contribution in [-0.4, -0.2) is 21.1 Å². The maximum Gasteiger partial charge on any atom is 0.290 e. The third kappa shape index (κ3) is 3.28. The highest BCUT2D eigenvalue weighted by Crippen LogP contribution is 2.18. The van der Waals surface area contributed by atoms with Crippen molar-refractivity contribution in [1.82, 2.24) is 4.98 Å². The van der Waals surface area contributed by atoms with Crippen molar-refractivity contribution in [3.8, 4) is 0 Å². The lowest BCUT2D eigenvalue weighted by Gasteiger charge is -2.08. The van der Waals surface area contributed by atoms with Gasteiger partial charge >= 0.3 is 0 Å². The SMILES string of the molecule is CCCC(O)Cc1ccncc1[N+](=O)[O-]. The van der Waals surface area contributed by atoms with Crippen LogP contribution in [0.1, 0.15) is 25.3 Å². The van der Waals surface area contributed by atoms with Gasteiger partial charge in [0.25, 0.3) is 5.69 Å². The standard InChI is InChI=1S/C10H14N2O3/c1-2-3-9(13)6-8-4-5-11-7-10(8)12(14)15/h4-5,7,9,13H,2-3,6H2,1H3. The van der Waals surface area contributed by atoms with Crippen molar-refractivity contribution >= 4 is 5.69 Å². The zero-order chi connectivity index (χ0) is 11.3. The van der Waals surface area contributed by atoms with Crippen LogP contribution < -0.4 is 0 Å². The minimum absolute atomic E-state index is 0.0207. The van der Waals surface area contributed by atoms with Gasteiger partial charge in [0, 0.05) is 18.2 Å². The summed E-state index contributed by atoms with van der Waals surface area (Å²) in [6.45, 7) is 1.96. The van der Waals surface area contributed by atoms with Crippen molar-refractivity contribution in [2.24, 2.45) is 0 Å². The van der Waals surface area contributed by atoms with Crippen molar-refractivity contribution < 1.29 is 10.0 Å². The predicted octanol–water partition coefficient (Wildman–Crippen LogP) is 1.69. The molecule has 5 nitrogen and oxygen atoms in total. The van der Waals surface area contributed by atoms with Crippen LogP contribution in [0.3, 0.4) is 0 Å². The van der Waals surface area contributed by atoms with Gasteiger partial charge in [-0.15, -0.1) is 0 Å². The zero-order valence-electron chi connectivity index (χ0n) is 8.59. The van der Waals surface area contributed by atoms with Gasteiger partial charge in [0.1, 0.15) is 6.20 Å². The summed E-state index contributed by atoms with van der Waals surface area (Å²) in [5, 5.41) is 20.2. The highest BCUT2D eigenvalue weighted by Gasteiger charge is 2.15. The van der Waals surface area contributed by atoms with Crippen LogP contribution in [-0.2, 0) is 6.42 Å². The first kappa shape index (κ1) is 11.6. The van der Waals surface area contributed by atoms with Gasteiger partial charge in [-0.3, -0.25) is 15.1 Å². The Bertz CT molecular complexity index is 341. The minimum Gasteiger partial charge on any atom is -0.393 e. The van der Waals surface area contributed by atoms with Crippen molar-refractivity contribution in [2.45, 2.75) is 32.3 Å². The third-order valence-electron chi connectivity index (χ3n) is 2.16. The molecular weight excluding hydrogens is 196 g/mol. The van der Waals surface area contributed by atoms with E-state index < -0.39 is 11.0 Å². The molecule has 1 rings (SSSR count). The van der Waals surface area contributed by atoms with Crippen molar-refractivity contribution in [3.05, 3.63) is 34.1 Å². The van der Waals surface area contributed by atoms with Gasteiger partial charge in [-0.2, -0.15) is 0 Å². The summed E-state index contributed by atoms with van der Waals surface area (Å²) in [5.74, 6) is 0. The third-order valence-corrected chi connectivity index (χ3v) is 2.16. The van der Waals surface area contributed by atoms with Gasteiger partial charge in [0.15, 0.2) is 0 Å². The van der Waals surface area contributed by atoms with Gasteiger partial charge in [-0.05, 0) is 12.5 Å². The molecule has 1 aromatic rings. The lowest BCUT2D eigenvalue weighted by molar-refractivity contribution is -0.386. The summed E-state index contributed by atoms with van der Waals surface area (Å²) < 4.78 is 0. The second kappa shape index (κ2) is 5.41. The number of nitrogens with zero attached hydrogens (tertiary/aromatic N) is 2. The van der Waals surface area contributed by atoms with E-state index in [9.17, 15) is 15.2 Å². The average Bonchev–Trinajstić information content (AvgIpc) is 2.18. The van der Waals surface area contributed by atoms with Crippen molar-refractivity contribution in [2.75, 3.05) is 0 Å². The number of aliphatic hydroxyl groups excluding tert-OH is 1. The van der Waals surface area contributed by atoms with E-state index in [4.69, 9.17) is 0 Å². The number of aliphatic hydroxyl groups is 1. The van der Waals surface area contributed by atoms with E-state index in [-0.39, 0.29) is 5.69 Å². The van der Waals surface area contributed by atoms with Crippen LogP contribution in [0, 0.1) is 10.1 Å². The number of aromatic nitrogens is 1. The summed E-state index contributed by atoms with van der Waals surface area (Å²) in [6, 6.07) is 1.58. The Balaban J connectivity index is 2.79. The van der Waals surface area contributed by atoms with E-state index in [0.717, 1.165) is 6.42 Å². The highest BCUT2D eigenvalue weighted by atomic mass is 16.6. The normalized spacial score (nSPS) is 12.4. The molecule has 1 unspecified atom stereocenters. The van der Waals surface area contributed by atoms with Crippen LogP contribution in [0.25, 0.3) is 0 Å². The van der Waals surface area contributed by atoms with Crippen LogP contribution in [0.4, 0.5) is 5.69 Å². The number of hydrogen-bond donors (Lipinski definition) is 1. The Labute approximate surface area is 87.9 Å². The van der Waals surface area contributed by atoms with Crippen LogP contribution in [0.15, 0.2) is 18.5 Å². The largest absolute Gasteiger partial charge is 0.393 e. The maximum absolute atomic E-state index is 10.6. The molecule has 0 bridgehead atoms. The van der Waals surface area contributed by atoms with Crippen LogP contribution in [0.5, 0.6) is 0 Å². The molecule has 1 heterocycles. The first-order chi connectivity index (χ1) is 7.15. The first-order valence-corrected chi connectivity index (χ1v) is 4.90. The quantitative estimate of drug-likeness (QED) is 0.592. The second-order valence-electron chi connectivity index (χ2n) is 3.41. The van der Waals surface area contributed by atoms with Gasteiger partial charge in [-0.1, -0.05) is 13.3 Å². The molecule has 5 heteroatoms. The Hall–Kier alpha value is -1.49. The number of nitro groups is 1. The molecule has 0 radical (unpaired) electrons. The van der Waals surface area contributed by atoms with E-state index in [1.165, 1.54) is 12.4 Å². The first-order valence-electron chi connectivity index (χ1n) is 4.90. The Morgan fingerprint density at radius 2 is 2.40 bits per heavy atom. The smallest absolute Gasteiger partial charge is 0.290 e.